The summed E-state index contributed by atoms with van der Waals surface area (Å²) < 4.78 is 12.9. The van der Waals surface area contributed by atoms with E-state index >= 15 is 0 Å². The lowest BCUT2D eigenvalue weighted by atomic mass is 10.0. The van der Waals surface area contributed by atoms with E-state index in [1.54, 1.807) is 29.4 Å². The number of rotatable bonds is 4. The first-order valence-corrected chi connectivity index (χ1v) is 8.91. The first-order valence-electron chi connectivity index (χ1n) is 8.91. The third-order valence-corrected chi connectivity index (χ3v) is 4.62. The van der Waals surface area contributed by atoms with Gasteiger partial charge in [-0.1, -0.05) is 30.3 Å². The van der Waals surface area contributed by atoms with Crippen LogP contribution in [0.2, 0.25) is 0 Å². The van der Waals surface area contributed by atoms with Gasteiger partial charge in [0.1, 0.15) is 5.82 Å². The number of halogens is 1. The topological polar surface area (TPSA) is 58.1 Å². The minimum absolute atomic E-state index is 0.0905. The molecular weight excluding hydrogens is 343 g/mol. The Morgan fingerprint density at radius 3 is 2.59 bits per heavy atom. The molecule has 2 heterocycles. The minimum atomic E-state index is -0.267. The molecule has 5 nitrogen and oxygen atoms in total. The maximum atomic E-state index is 12.9. The van der Waals surface area contributed by atoms with Gasteiger partial charge in [-0.25, -0.2) is 14.4 Å². The van der Waals surface area contributed by atoms with Crippen LogP contribution in [-0.4, -0.2) is 22.4 Å². The number of amides is 1. The number of anilines is 2. The summed E-state index contributed by atoms with van der Waals surface area (Å²) in [5, 5.41) is 3.07. The fourth-order valence-electron chi connectivity index (χ4n) is 3.21. The van der Waals surface area contributed by atoms with Crippen molar-refractivity contribution in [2.75, 3.05) is 16.8 Å². The van der Waals surface area contributed by atoms with E-state index in [1.165, 1.54) is 17.7 Å². The van der Waals surface area contributed by atoms with Crippen molar-refractivity contribution in [1.29, 1.82) is 0 Å². The van der Waals surface area contributed by atoms with Crippen LogP contribution in [0.1, 0.15) is 27.9 Å². The lowest BCUT2D eigenvalue weighted by molar-refractivity contribution is 0.0984. The molecule has 6 heteroatoms. The van der Waals surface area contributed by atoms with Crippen LogP contribution in [0.15, 0.2) is 60.9 Å². The number of para-hydroxylation sites is 1. The van der Waals surface area contributed by atoms with Gasteiger partial charge in [-0.2, -0.15) is 0 Å². The highest BCUT2D eigenvalue weighted by atomic mass is 19.1. The van der Waals surface area contributed by atoms with Crippen molar-refractivity contribution in [3.05, 3.63) is 83.4 Å². The number of fused-ring (bicyclic) bond motifs is 1. The minimum Gasteiger partial charge on any atom is -0.350 e. The van der Waals surface area contributed by atoms with E-state index in [9.17, 15) is 9.18 Å². The Hall–Kier alpha value is -3.28. The maximum absolute atomic E-state index is 12.9. The molecule has 1 aliphatic rings. The molecule has 1 amide bonds. The van der Waals surface area contributed by atoms with Crippen LogP contribution in [0.4, 0.5) is 16.0 Å². The van der Waals surface area contributed by atoms with Crippen LogP contribution in [0.3, 0.4) is 0 Å². The van der Waals surface area contributed by atoms with Crippen LogP contribution in [0.5, 0.6) is 0 Å². The van der Waals surface area contributed by atoms with Gasteiger partial charge in [0.25, 0.3) is 5.91 Å². The SMILES string of the molecule is O=C(c1cnc(NCc2ccc(F)cc2)nc1)N1CCCc2ccccc21. The Labute approximate surface area is 156 Å². The second kappa shape index (κ2) is 7.53. The largest absolute Gasteiger partial charge is 0.350 e. The van der Waals surface area contributed by atoms with E-state index < -0.39 is 0 Å². The summed E-state index contributed by atoms with van der Waals surface area (Å²) in [6.45, 7) is 1.17. The highest BCUT2D eigenvalue weighted by Crippen LogP contribution is 2.27. The number of aromatic nitrogens is 2. The van der Waals surface area contributed by atoms with Crippen LogP contribution in [0.25, 0.3) is 0 Å². The fraction of sp³-hybridized carbons (Fsp3) is 0.190. The molecule has 0 unspecified atom stereocenters. The van der Waals surface area contributed by atoms with E-state index in [2.05, 4.69) is 21.4 Å². The third-order valence-electron chi connectivity index (χ3n) is 4.62. The summed E-state index contributed by atoms with van der Waals surface area (Å²) in [6, 6.07) is 14.2. The number of nitrogens with zero attached hydrogens (tertiary/aromatic N) is 3. The number of hydrogen-bond donors (Lipinski definition) is 1. The Bertz CT molecular complexity index is 941. The van der Waals surface area contributed by atoms with Gasteiger partial charge >= 0.3 is 0 Å². The van der Waals surface area contributed by atoms with Crippen molar-refractivity contribution in [2.45, 2.75) is 19.4 Å². The van der Waals surface area contributed by atoms with Gasteiger partial charge in [0.15, 0.2) is 0 Å². The predicted molar refractivity (Wildman–Crippen MR) is 102 cm³/mol. The lowest BCUT2D eigenvalue weighted by Crippen LogP contribution is -2.35. The van der Waals surface area contributed by atoms with Gasteiger partial charge in [-0.3, -0.25) is 4.79 Å². The summed E-state index contributed by atoms with van der Waals surface area (Å²) in [4.78, 5) is 23.1. The molecule has 0 spiro atoms. The van der Waals surface area contributed by atoms with E-state index in [4.69, 9.17) is 0 Å². The second-order valence-corrected chi connectivity index (χ2v) is 6.46. The van der Waals surface area contributed by atoms with Gasteiger partial charge < -0.3 is 10.2 Å². The first kappa shape index (κ1) is 17.1. The van der Waals surface area contributed by atoms with Gasteiger partial charge in [-0.05, 0) is 42.2 Å². The standard InChI is InChI=1S/C21H19FN4O/c22-18-9-7-15(8-10-18)12-23-21-24-13-17(14-25-21)20(27)26-11-3-5-16-4-1-2-6-19(16)26/h1-2,4,6-10,13-14H,3,5,11-12H2,(H,23,24,25). The molecule has 0 atom stereocenters. The summed E-state index contributed by atoms with van der Waals surface area (Å²) in [5.74, 6) is 0.0688. The smallest absolute Gasteiger partial charge is 0.261 e. The van der Waals surface area contributed by atoms with Crippen LogP contribution < -0.4 is 10.2 Å². The van der Waals surface area contributed by atoms with Crippen molar-refractivity contribution in [2.24, 2.45) is 0 Å². The quantitative estimate of drug-likeness (QED) is 0.767. The van der Waals surface area contributed by atoms with E-state index in [-0.39, 0.29) is 11.7 Å². The molecule has 1 aliphatic heterocycles. The van der Waals surface area contributed by atoms with Crippen LogP contribution in [-0.2, 0) is 13.0 Å². The molecule has 136 valence electrons. The van der Waals surface area contributed by atoms with Crippen molar-refractivity contribution < 1.29 is 9.18 Å². The normalized spacial score (nSPS) is 13.1. The monoisotopic (exact) mass is 362 g/mol. The Balaban J connectivity index is 1.44. The number of carbonyl (C=O) groups is 1. The molecule has 0 radical (unpaired) electrons. The summed E-state index contributed by atoms with van der Waals surface area (Å²) in [6.07, 6.45) is 5.02. The highest BCUT2D eigenvalue weighted by molar-refractivity contribution is 6.06. The lowest BCUT2D eigenvalue weighted by Gasteiger charge is -2.29. The molecular formula is C21H19FN4O. The molecule has 1 N–H and O–H groups in total. The third kappa shape index (κ3) is 3.79. The van der Waals surface area contributed by atoms with Gasteiger partial charge in [0.2, 0.25) is 5.95 Å². The van der Waals surface area contributed by atoms with Gasteiger partial charge in [0.05, 0.1) is 5.56 Å². The highest BCUT2D eigenvalue weighted by Gasteiger charge is 2.23. The molecule has 4 rings (SSSR count). The summed E-state index contributed by atoms with van der Waals surface area (Å²) in [7, 11) is 0. The predicted octanol–water partition coefficient (Wildman–Crippen LogP) is 3.82. The number of hydrogen-bond acceptors (Lipinski definition) is 4. The fourth-order valence-corrected chi connectivity index (χ4v) is 3.21. The van der Waals surface area contributed by atoms with Gasteiger partial charge in [0, 0.05) is 31.2 Å². The zero-order valence-corrected chi connectivity index (χ0v) is 14.7. The average molecular weight is 362 g/mol. The second-order valence-electron chi connectivity index (χ2n) is 6.46. The zero-order chi connectivity index (χ0) is 18.6. The summed E-state index contributed by atoms with van der Waals surface area (Å²) in [5.41, 5.74) is 3.53. The molecule has 0 aliphatic carbocycles. The Kier molecular flexibility index (Phi) is 4.78. The zero-order valence-electron chi connectivity index (χ0n) is 14.7. The van der Waals surface area contributed by atoms with Gasteiger partial charge in [-0.15, -0.1) is 0 Å². The Morgan fingerprint density at radius 2 is 1.81 bits per heavy atom. The number of nitrogens with one attached hydrogen (secondary N) is 1. The van der Waals surface area contributed by atoms with Crippen molar-refractivity contribution in [3.8, 4) is 0 Å². The van der Waals surface area contributed by atoms with Crippen LogP contribution >= 0.6 is 0 Å². The van der Waals surface area contributed by atoms with E-state index in [0.29, 0.717) is 24.6 Å². The molecule has 0 saturated heterocycles. The molecule has 0 saturated carbocycles. The average Bonchev–Trinajstić information content (AvgIpc) is 2.73. The molecule has 3 aromatic rings. The summed E-state index contributed by atoms with van der Waals surface area (Å²) >= 11 is 0. The molecule has 0 fully saturated rings. The Morgan fingerprint density at radius 1 is 1.07 bits per heavy atom. The van der Waals surface area contributed by atoms with E-state index in [0.717, 1.165) is 24.1 Å². The number of aryl methyl sites for hydroxylation is 1. The molecule has 27 heavy (non-hydrogen) atoms. The van der Waals surface area contributed by atoms with Crippen molar-refractivity contribution in [3.63, 3.8) is 0 Å². The molecule has 1 aromatic heterocycles. The van der Waals surface area contributed by atoms with Crippen LogP contribution in [0, 0.1) is 5.82 Å². The molecule has 0 bridgehead atoms. The first-order chi connectivity index (χ1) is 13.2. The van der Waals surface area contributed by atoms with Crippen molar-refractivity contribution >= 4 is 17.5 Å². The van der Waals surface area contributed by atoms with E-state index in [1.807, 2.05) is 18.2 Å². The molecule has 2 aromatic carbocycles. The van der Waals surface area contributed by atoms with Crippen molar-refractivity contribution in [1.82, 2.24) is 9.97 Å². The number of benzene rings is 2. The maximum Gasteiger partial charge on any atom is 0.261 e. The number of carbonyl (C=O) groups excluding carboxylic acids is 1.